The lowest BCUT2D eigenvalue weighted by atomic mass is 10.2. The first-order chi connectivity index (χ1) is 18.9. The molecule has 3 amide bonds. The van der Waals surface area contributed by atoms with Gasteiger partial charge in [0, 0.05) is 37.7 Å². The topological polar surface area (TPSA) is 78.3 Å². The Morgan fingerprint density at radius 1 is 1.00 bits per heavy atom. The minimum absolute atomic E-state index is 0.165. The van der Waals surface area contributed by atoms with E-state index in [-0.39, 0.29) is 31.4 Å². The monoisotopic (exact) mass is 576 g/mol. The second-order valence-corrected chi connectivity index (χ2v) is 10.1. The Balaban J connectivity index is 1.48. The lowest BCUT2D eigenvalue weighted by Gasteiger charge is -2.30. The molecule has 1 fully saturated rings. The number of benzene rings is 2. The molecule has 11 heteroatoms. The molecule has 1 saturated heterocycles. The summed E-state index contributed by atoms with van der Waals surface area (Å²) in [6.07, 6.45) is 2.21. The fourth-order valence-corrected chi connectivity index (χ4v) is 4.70. The third-order valence-electron chi connectivity index (χ3n) is 6.36. The first-order valence-corrected chi connectivity index (χ1v) is 13.5. The molecule has 0 atom stereocenters. The molecule has 0 spiro atoms. The molecule has 0 unspecified atom stereocenters. The van der Waals surface area contributed by atoms with Crippen molar-refractivity contribution < 1.29 is 23.1 Å². The van der Waals surface area contributed by atoms with Gasteiger partial charge in [0.2, 0.25) is 5.91 Å². The van der Waals surface area contributed by atoms with Gasteiger partial charge >= 0.3 is 6.03 Å². The molecule has 1 aliphatic rings. The normalized spacial score (nSPS) is 13.7. The minimum atomic E-state index is -0.450. The number of amides is 3. The van der Waals surface area contributed by atoms with Crippen molar-refractivity contribution >= 4 is 40.8 Å². The third-order valence-corrected chi connectivity index (χ3v) is 6.91. The van der Waals surface area contributed by atoms with Gasteiger partial charge in [-0.25, -0.2) is 9.18 Å². The van der Waals surface area contributed by atoms with E-state index in [0.717, 1.165) is 25.2 Å². The lowest BCUT2D eigenvalue weighted by molar-refractivity contribution is -0.133. The van der Waals surface area contributed by atoms with Crippen molar-refractivity contribution in [2.45, 2.75) is 19.5 Å². The van der Waals surface area contributed by atoms with Crippen molar-refractivity contribution in [1.82, 2.24) is 14.7 Å². The van der Waals surface area contributed by atoms with Crippen LogP contribution in [0, 0.1) is 5.82 Å². The van der Waals surface area contributed by atoms with E-state index in [9.17, 15) is 14.0 Å². The van der Waals surface area contributed by atoms with Crippen LogP contribution in [0.3, 0.4) is 0 Å². The summed E-state index contributed by atoms with van der Waals surface area (Å²) in [7, 11) is 0. The molecule has 3 aromatic rings. The maximum absolute atomic E-state index is 13.6. The zero-order valence-electron chi connectivity index (χ0n) is 21.5. The van der Waals surface area contributed by atoms with E-state index in [1.54, 1.807) is 47.4 Å². The van der Waals surface area contributed by atoms with E-state index < -0.39 is 6.03 Å². The molecule has 0 bridgehead atoms. The summed E-state index contributed by atoms with van der Waals surface area (Å²) in [5.41, 5.74) is 1.16. The molecule has 2 aromatic carbocycles. The largest absolute Gasteiger partial charge is 0.467 e. The van der Waals surface area contributed by atoms with Crippen LogP contribution < -0.4 is 5.32 Å². The molecule has 1 aliphatic heterocycles. The van der Waals surface area contributed by atoms with E-state index in [1.807, 2.05) is 0 Å². The number of urea groups is 1. The van der Waals surface area contributed by atoms with Gasteiger partial charge in [-0.3, -0.25) is 9.69 Å². The summed E-state index contributed by atoms with van der Waals surface area (Å²) in [6.45, 7) is 4.43. The Morgan fingerprint density at radius 2 is 1.77 bits per heavy atom. The van der Waals surface area contributed by atoms with Gasteiger partial charge in [0.25, 0.3) is 0 Å². The second-order valence-electron chi connectivity index (χ2n) is 9.24. The Kier molecular flexibility index (Phi) is 10.6. The zero-order chi connectivity index (χ0) is 27.6. The number of nitrogens with zero attached hydrogens (tertiary/aromatic N) is 3. The van der Waals surface area contributed by atoms with Crippen LogP contribution in [0.25, 0.3) is 0 Å². The molecule has 1 aromatic heterocycles. The van der Waals surface area contributed by atoms with Crippen molar-refractivity contribution in [3.63, 3.8) is 0 Å². The highest BCUT2D eigenvalue weighted by Gasteiger charge is 2.23. The Morgan fingerprint density at radius 3 is 2.46 bits per heavy atom. The highest BCUT2D eigenvalue weighted by Crippen LogP contribution is 2.25. The number of hydrogen-bond donors (Lipinski definition) is 1. The summed E-state index contributed by atoms with van der Waals surface area (Å²) in [4.78, 5) is 32.3. The number of ether oxygens (including phenoxy) is 1. The number of anilines is 1. The van der Waals surface area contributed by atoms with Gasteiger partial charge in [-0.05, 0) is 54.4 Å². The van der Waals surface area contributed by atoms with E-state index in [2.05, 4.69) is 10.2 Å². The van der Waals surface area contributed by atoms with Crippen molar-refractivity contribution in [2.24, 2.45) is 0 Å². The van der Waals surface area contributed by atoms with Gasteiger partial charge in [-0.1, -0.05) is 35.3 Å². The van der Waals surface area contributed by atoms with Gasteiger partial charge < -0.3 is 24.3 Å². The fourth-order valence-electron chi connectivity index (χ4n) is 4.24. The van der Waals surface area contributed by atoms with Gasteiger partial charge in [0.15, 0.2) is 0 Å². The second kappa shape index (κ2) is 14.3. The molecule has 4 rings (SSSR count). The number of morpholine rings is 1. The summed E-state index contributed by atoms with van der Waals surface area (Å²) in [5.74, 6) is -0.0344. The summed E-state index contributed by atoms with van der Waals surface area (Å²) < 4.78 is 24.3. The summed E-state index contributed by atoms with van der Waals surface area (Å²) >= 11 is 12.3. The van der Waals surface area contributed by atoms with E-state index in [4.69, 9.17) is 32.4 Å². The Labute approximate surface area is 237 Å². The standard InChI is InChI=1S/C28H31Cl2FN4O4/c29-22-6-9-26(25(30)17-22)32-28(37)34(11-2-10-33-12-15-38-16-13-33)20-27(36)35(19-24-3-1-14-39-24)18-21-4-7-23(31)8-5-21/h1,3-9,14,17H,2,10-13,15-16,18-20H2,(H,32,37). The molecule has 0 aliphatic carbocycles. The van der Waals surface area contributed by atoms with Crippen LogP contribution >= 0.6 is 23.2 Å². The average molecular weight is 577 g/mol. The molecule has 0 saturated carbocycles. The van der Waals surface area contributed by atoms with Crippen LogP contribution in [0.5, 0.6) is 0 Å². The zero-order valence-corrected chi connectivity index (χ0v) is 23.0. The number of hydrogen-bond acceptors (Lipinski definition) is 5. The van der Waals surface area contributed by atoms with Crippen LogP contribution in [-0.2, 0) is 22.6 Å². The minimum Gasteiger partial charge on any atom is -0.467 e. The number of rotatable bonds is 11. The fraction of sp³-hybridized carbons (Fsp3) is 0.357. The van der Waals surface area contributed by atoms with E-state index >= 15 is 0 Å². The SMILES string of the molecule is O=C(CN(CCCN1CCOCC1)C(=O)Nc1ccc(Cl)cc1Cl)N(Cc1ccc(F)cc1)Cc1ccco1. The predicted molar refractivity (Wildman–Crippen MR) is 148 cm³/mol. The smallest absolute Gasteiger partial charge is 0.322 e. The third kappa shape index (κ3) is 8.96. The number of carbonyl (C=O) groups excluding carboxylic acids is 2. The van der Waals surface area contributed by atoms with Crippen LogP contribution in [0.4, 0.5) is 14.9 Å². The van der Waals surface area contributed by atoms with Crippen molar-refractivity contribution in [3.05, 3.63) is 88.0 Å². The first kappa shape index (κ1) is 28.9. The number of halogens is 3. The predicted octanol–water partition coefficient (Wildman–Crippen LogP) is 5.51. The maximum atomic E-state index is 13.6. The number of carbonyl (C=O) groups is 2. The van der Waals surface area contributed by atoms with E-state index in [1.165, 1.54) is 23.3 Å². The summed E-state index contributed by atoms with van der Waals surface area (Å²) in [5, 5.41) is 3.55. The first-order valence-electron chi connectivity index (χ1n) is 12.7. The van der Waals surface area contributed by atoms with Gasteiger partial charge in [0.05, 0.1) is 36.7 Å². The molecule has 208 valence electrons. The number of furan rings is 1. The van der Waals surface area contributed by atoms with Gasteiger partial charge in [-0.2, -0.15) is 0 Å². The highest BCUT2D eigenvalue weighted by molar-refractivity contribution is 6.36. The van der Waals surface area contributed by atoms with Crippen molar-refractivity contribution in [3.8, 4) is 0 Å². The molecule has 0 radical (unpaired) electrons. The van der Waals surface area contributed by atoms with Crippen molar-refractivity contribution in [2.75, 3.05) is 51.3 Å². The number of nitrogens with one attached hydrogen (secondary N) is 1. The molecule has 8 nitrogen and oxygen atoms in total. The Bertz CT molecular complexity index is 1220. The molecular weight excluding hydrogens is 546 g/mol. The average Bonchev–Trinajstić information content (AvgIpc) is 3.44. The van der Waals surface area contributed by atoms with Gasteiger partial charge in [0.1, 0.15) is 18.1 Å². The summed E-state index contributed by atoms with van der Waals surface area (Å²) in [6, 6.07) is 13.8. The van der Waals surface area contributed by atoms with Crippen LogP contribution in [0.2, 0.25) is 10.0 Å². The lowest BCUT2D eigenvalue weighted by Crippen LogP contribution is -2.45. The Hall–Kier alpha value is -3.11. The molecular formula is C28H31Cl2FN4O4. The van der Waals surface area contributed by atoms with Crippen LogP contribution in [-0.4, -0.2) is 72.6 Å². The molecule has 1 N–H and O–H groups in total. The highest BCUT2D eigenvalue weighted by atomic mass is 35.5. The molecule has 39 heavy (non-hydrogen) atoms. The van der Waals surface area contributed by atoms with Gasteiger partial charge in [-0.15, -0.1) is 0 Å². The maximum Gasteiger partial charge on any atom is 0.322 e. The van der Waals surface area contributed by atoms with E-state index in [0.29, 0.717) is 47.7 Å². The molecule has 2 heterocycles. The van der Waals surface area contributed by atoms with Crippen LogP contribution in [0.1, 0.15) is 17.7 Å². The van der Waals surface area contributed by atoms with Crippen LogP contribution in [0.15, 0.2) is 65.3 Å². The quantitative estimate of drug-likeness (QED) is 0.325. The van der Waals surface area contributed by atoms with Crippen molar-refractivity contribution in [1.29, 1.82) is 0 Å².